The standard InChI is InChI=1S/C19H14N6O4/c26-17-13-9-22-18(21-8-11-2-1-5-20-7-11)23-16(13)24-19(27)25(17)12-3-4-14-15(6-12)29-10-28-14/h1-7,9H,8,10H2,(H2,21,22,23,24,27). The van der Waals surface area contributed by atoms with Crippen molar-refractivity contribution in [3.63, 3.8) is 0 Å². The Bertz CT molecular complexity index is 1330. The molecule has 1 aromatic carbocycles. The van der Waals surface area contributed by atoms with Crippen molar-refractivity contribution in [3.05, 3.63) is 75.3 Å². The smallest absolute Gasteiger partial charge is 0.334 e. The van der Waals surface area contributed by atoms with Gasteiger partial charge in [0.25, 0.3) is 5.56 Å². The minimum Gasteiger partial charge on any atom is -0.454 e. The number of benzene rings is 1. The largest absolute Gasteiger partial charge is 0.454 e. The highest BCUT2D eigenvalue weighted by molar-refractivity contribution is 5.73. The lowest BCUT2D eigenvalue weighted by molar-refractivity contribution is 0.174. The first-order valence-corrected chi connectivity index (χ1v) is 8.74. The summed E-state index contributed by atoms with van der Waals surface area (Å²) < 4.78 is 11.6. The van der Waals surface area contributed by atoms with Gasteiger partial charge < -0.3 is 14.8 Å². The number of ether oxygens (including phenoxy) is 2. The number of rotatable bonds is 4. The van der Waals surface area contributed by atoms with Gasteiger partial charge in [-0.1, -0.05) is 6.07 Å². The molecule has 29 heavy (non-hydrogen) atoms. The number of hydrogen-bond donors (Lipinski definition) is 2. The van der Waals surface area contributed by atoms with Crippen molar-refractivity contribution in [2.75, 3.05) is 12.1 Å². The quantitative estimate of drug-likeness (QED) is 0.533. The summed E-state index contributed by atoms with van der Waals surface area (Å²) in [6.07, 6.45) is 4.79. The van der Waals surface area contributed by atoms with Crippen LogP contribution in [-0.2, 0) is 6.54 Å². The van der Waals surface area contributed by atoms with E-state index in [2.05, 4.69) is 25.3 Å². The molecule has 2 N–H and O–H groups in total. The zero-order valence-electron chi connectivity index (χ0n) is 15.0. The first-order chi connectivity index (χ1) is 14.2. The Hall–Kier alpha value is -4.21. The molecule has 0 atom stereocenters. The van der Waals surface area contributed by atoms with E-state index in [-0.39, 0.29) is 23.8 Å². The van der Waals surface area contributed by atoms with Crippen LogP contribution in [0.2, 0.25) is 0 Å². The molecule has 4 heterocycles. The normalized spacial score (nSPS) is 12.3. The summed E-state index contributed by atoms with van der Waals surface area (Å²) in [6, 6.07) is 8.58. The minimum atomic E-state index is -0.613. The molecule has 0 radical (unpaired) electrons. The molecule has 0 spiro atoms. The van der Waals surface area contributed by atoms with Crippen molar-refractivity contribution in [3.8, 4) is 17.2 Å². The van der Waals surface area contributed by atoms with Gasteiger partial charge in [-0.25, -0.2) is 14.3 Å². The van der Waals surface area contributed by atoms with Crippen molar-refractivity contribution in [2.24, 2.45) is 0 Å². The zero-order chi connectivity index (χ0) is 19.8. The second kappa shape index (κ2) is 6.75. The highest BCUT2D eigenvalue weighted by Gasteiger charge is 2.17. The van der Waals surface area contributed by atoms with E-state index in [0.29, 0.717) is 23.7 Å². The summed E-state index contributed by atoms with van der Waals surface area (Å²) in [5, 5.41) is 3.23. The number of H-pyrrole nitrogens is 1. The number of aromatic amines is 1. The summed E-state index contributed by atoms with van der Waals surface area (Å²) >= 11 is 0. The number of pyridine rings is 1. The van der Waals surface area contributed by atoms with E-state index in [9.17, 15) is 9.59 Å². The average Bonchev–Trinajstić information content (AvgIpc) is 3.21. The maximum absolute atomic E-state index is 12.9. The molecule has 3 aromatic heterocycles. The monoisotopic (exact) mass is 390 g/mol. The van der Waals surface area contributed by atoms with E-state index in [1.165, 1.54) is 6.20 Å². The summed E-state index contributed by atoms with van der Waals surface area (Å²) in [7, 11) is 0. The van der Waals surface area contributed by atoms with Gasteiger partial charge >= 0.3 is 5.69 Å². The highest BCUT2D eigenvalue weighted by Crippen LogP contribution is 2.33. The number of nitrogens with one attached hydrogen (secondary N) is 2. The van der Waals surface area contributed by atoms with Crippen molar-refractivity contribution >= 4 is 17.0 Å². The molecule has 10 nitrogen and oxygen atoms in total. The van der Waals surface area contributed by atoms with Crippen LogP contribution in [0.3, 0.4) is 0 Å². The summed E-state index contributed by atoms with van der Waals surface area (Å²) in [5.41, 5.74) is 0.324. The third-order valence-electron chi connectivity index (χ3n) is 4.44. The fraction of sp³-hybridized carbons (Fsp3) is 0.105. The van der Waals surface area contributed by atoms with Gasteiger partial charge in [0.15, 0.2) is 17.1 Å². The van der Waals surface area contributed by atoms with Crippen molar-refractivity contribution in [1.82, 2.24) is 24.5 Å². The van der Waals surface area contributed by atoms with Crippen molar-refractivity contribution in [1.29, 1.82) is 0 Å². The van der Waals surface area contributed by atoms with Crippen molar-refractivity contribution < 1.29 is 9.47 Å². The Morgan fingerprint density at radius 3 is 2.90 bits per heavy atom. The molecule has 0 aliphatic carbocycles. The number of nitrogens with zero attached hydrogens (tertiary/aromatic N) is 4. The molecule has 4 aromatic rings. The summed E-state index contributed by atoms with van der Waals surface area (Å²) in [5.74, 6) is 1.32. The Labute approximate surface area is 162 Å². The van der Waals surface area contributed by atoms with Gasteiger partial charge in [-0.05, 0) is 23.8 Å². The van der Waals surface area contributed by atoms with E-state index >= 15 is 0 Å². The molecule has 0 fully saturated rings. The Morgan fingerprint density at radius 1 is 1.14 bits per heavy atom. The first kappa shape index (κ1) is 16.9. The number of aromatic nitrogens is 5. The van der Waals surface area contributed by atoms with Crippen LogP contribution in [0.5, 0.6) is 11.5 Å². The van der Waals surface area contributed by atoms with Crippen LogP contribution >= 0.6 is 0 Å². The molecule has 0 unspecified atom stereocenters. The summed E-state index contributed by atoms with van der Waals surface area (Å²) in [6.45, 7) is 0.558. The Balaban J connectivity index is 1.52. The predicted octanol–water partition coefficient (Wildman–Crippen LogP) is 1.20. The molecule has 0 saturated heterocycles. The van der Waals surface area contributed by atoms with E-state index in [0.717, 1.165) is 10.1 Å². The molecule has 0 bridgehead atoms. The second-order valence-electron chi connectivity index (χ2n) is 6.28. The average molecular weight is 390 g/mol. The van der Waals surface area contributed by atoms with Crippen LogP contribution < -0.4 is 26.0 Å². The molecule has 1 aliphatic rings. The fourth-order valence-electron chi connectivity index (χ4n) is 3.03. The molecule has 0 saturated carbocycles. The topological polar surface area (TPSA) is 124 Å². The SMILES string of the molecule is O=c1[nH]c2nc(NCc3cccnc3)ncc2c(=O)n1-c1ccc2c(c1)OCO2. The maximum atomic E-state index is 12.9. The van der Waals surface area contributed by atoms with E-state index in [1.54, 1.807) is 30.6 Å². The van der Waals surface area contributed by atoms with Crippen LogP contribution in [0, 0.1) is 0 Å². The molecule has 5 rings (SSSR count). The number of fused-ring (bicyclic) bond motifs is 2. The molecule has 144 valence electrons. The van der Waals surface area contributed by atoms with E-state index in [1.807, 2.05) is 12.1 Å². The van der Waals surface area contributed by atoms with Crippen molar-refractivity contribution in [2.45, 2.75) is 6.54 Å². The minimum absolute atomic E-state index is 0.102. The van der Waals surface area contributed by atoms with Gasteiger partial charge in [0.2, 0.25) is 12.7 Å². The van der Waals surface area contributed by atoms with Crippen LogP contribution in [0.1, 0.15) is 5.56 Å². The molecular weight excluding hydrogens is 376 g/mol. The van der Waals surface area contributed by atoms with E-state index < -0.39 is 11.2 Å². The maximum Gasteiger partial charge on any atom is 0.334 e. The van der Waals surface area contributed by atoms with Crippen LogP contribution in [0.4, 0.5) is 5.95 Å². The fourth-order valence-corrected chi connectivity index (χ4v) is 3.03. The summed E-state index contributed by atoms with van der Waals surface area (Å²) in [4.78, 5) is 40.6. The highest BCUT2D eigenvalue weighted by atomic mass is 16.7. The van der Waals surface area contributed by atoms with E-state index in [4.69, 9.17) is 9.47 Å². The first-order valence-electron chi connectivity index (χ1n) is 8.74. The lowest BCUT2D eigenvalue weighted by atomic mass is 10.2. The molecule has 1 aliphatic heterocycles. The predicted molar refractivity (Wildman–Crippen MR) is 103 cm³/mol. The molecule has 0 amide bonds. The van der Waals surface area contributed by atoms with Gasteiger partial charge in [-0.15, -0.1) is 0 Å². The van der Waals surface area contributed by atoms with Crippen LogP contribution in [0.15, 0.2) is 58.5 Å². The van der Waals surface area contributed by atoms with Crippen LogP contribution in [-0.4, -0.2) is 31.3 Å². The third-order valence-corrected chi connectivity index (χ3v) is 4.44. The van der Waals surface area contributed by atoms with Gasteiger partial charge in [0.1, 0.15) is 5.39 Å². The third kappa shape index (κ3) is 3.06. The molecule has 10 heteroatoms. The number of hydrogen-bond acceptors (Lipinski definition) is 8. The Morgan fingerprint density at radius 2 is 2.03 bits per heavy atom. The van der Waals surface area contributed by atoms with Gasteiger partial charge in [0.05, 0.1) is 5.69 Å². The molecular formula is C19H14N6O4. The van der Waals surface area contributed by atoms with Gasteiger partial charge in [-0.3, -0.25) is 14.8 Å². The lowest BCUT2D eigenvalue weighted by Gasteiger charge is -2.08. The Kier molecular flexibility index (Phi) is 3.94. The van der Waals surface area contributed by atoms with Gasteiger partial charge in [-0.2, -0.15) is 4.98 Å². The van der Waals surface area contributed by atoms with Gasteiger partial charge in [0, 0.05) is 31.2 Å². The van der Waals surface area contributed by atoms with Crippen LogP contribution in [0.25, 0.3) is 16.7 Å². The zero-order valence-corrected chi connectivity index (χ0v) is 15.0. The number of anilines is 1. The lowest BCUT2D eigenvalue weighted by Crippen LogP contribution is -2.34. The second-order valence-corrected chi connectivity index (χ2v) is 6.28.